The fraction of sp³-hybridized carbons (Fsp3) is 0.455. The van der Waals surface area contributed by atoms with Crippen LogP contribution in [0.3, 0.4) is 0 Å². The lowest BCUT2D eigenvalue weighted by atomic mass is 10.3. The molecule has 0 atom stereocenters. The molecule has 1 aromatic heterocycles. The van der Waals surface area contributed by atoms with Crippen molar-refractivity contribution in [2.24, 2.45) is 0 Å². The van der Waals surface area contributed by atoms with Gasteiger partial charge in [-0.3, -0.25) is 9.52 Å². The molecule has 2 heterocycles. The quantitative estimate of drug-likeness (QED) is 0.839. The molecule has 1 aromatic rings. The van der Waals surface area contributed by atoms with Gasteiger partial charge in [0.25, 0.3) is 5.91 Å². The largest absolute Gasteiger partial charge is 0.480 e. The highest BCUT2D eigenvalue weighted by Crippen LogP contribution is 2.27. The van der Waals surface area contributed by atoms with Crippen LogP contribution >= 0.6 is 0 Å². The van der Waals surface area contributed by atoms with Gasteiger partial charge < -0.3 is 10.1 Å². The van der Waals surface area contributed by atoms with Crippen molar-refractivity contribution >= 4 is 27.6 Å². The van der Waals surface area contributed by atoms with Gasteiger partial charge in [-0.25, -0.2) is 13.4 Å². The molecule has 2 rings (SSSR count). The first-order chi connectivity index (χ1) is 9.00. The molecule has 0 aromatic carbocycles. The summed E-state index contributed by atoms with van der Waals surface area (Å²) < 4.78 is 30.9. The second-order valence-electron chi connectivity index (χ2n) is 4.15. The SMILES string of the molecule is CCCCS(=O)(=O)Nc1ccc2c(n1)NC(=O)CO2. The van der Waals surface area contributed by atoms with Crippen molar-refractivity contribution in [1.82, 2.24) is 4.98 Å². The minimum atomic E-state index is -3.40. The second-order valence-corrected chi connectivity index (χ2v) is 6.00. The van der Waals surface area contributed by atoms with Crippen molar-refractivity contribution in [3.05, 3.63) is 12.1 Å². The second kappa shape index (κ2) is 5.43. The fourth-order valence-corrected chi connectivity index (χ4v) is 2.77. The normalized spacial score (nSPS) is 14.3. The third-order valence-electron chi connectivity index (χ3n) is 2.50. The Morgan fingerprint density at radius 2 is 2.26 bits per heavy atom. The molecular formula is C11H15N3O4S. The molecule has 0 radical (unpaired) electrons. The molecule has 1 aliphatic heterocycles. The number of aromatic nitrogens is 1. The van der Waals surface area contributed by atoms with Gasteiger partial charge >= 0.3 is 0 Å². The van der Waals surface area contributed by atoms with E-state index in [2.05, 4.69) is 15.0 Å². The summed E-state index contributed by atoms with van der Waals surface area (Å²) in [7, 11) is -3.40. The van der Waals surface area contributed by atoms with Crippen LogP contribution < -0.4 is 14.8 Å². The van der Waals surface area contributed by atoms with Crippen LogP contribution in [0.15, 0.2) is 12.1 Å². The topological polar surface area (TPSA) is 97.4 Å². The van der Waals surface area contributed by atoms with Gasteiger partial charge in [-0.05, 0) is 18.6 Å². The van der Waals surface area contributed by atoms with Crippen LogP contribution in [0.25, 0.3) is 0 Å². The minimum Gasteiger partial charge on any atom is -0.480 e. The molecule has 0 unspecified atom stereocenters. The van der Waals surface area contributed by atoms with Crippen molar-refractivity contribution in [2.45, 2.75) is 19.8 Å². The number of anilines is 2. The average molecular weight is 285 g/mol. The lowest BCUT2D eigenvalue weighted by molar-refractivity contribution is -0.118. The Bertz CT molecular complexity index is 586. The number of sulfonamides is 1. The lowest BCUT2D eigenvalue weighted by Crippen LogP contribution is -2.26. The average Bonchev–Trinajstić information content (AvgIpc) is 2.35. The molecule has 0 spiro atoms. The number of rotatable bonds is 5. The van der Waals surface area contributed by atoms with Gasteiger partial charge in [0, 0.05) is 0 Å². The lowest BCUT2D eigenvalue weighted by Gasteiger charge is -2.17. The Balaban J connectivity index is 2.14. The van der Waals surface area contributed by atoms with E-state index in [0.29, 0.717) is 12.2 Å². The highest BCUT2D eigenvalue weighted by Gasteiger charge is 2.18. The van der Waals surface area contributed by atoms with Gasteiger partial charge in [-0.1, -0.05) is 13.3 Å². The molecule has 7 nitrogen and oxygen atoms in total. The Labute approximate surface area is 111 Å². The predicted molar refractivity (Wildman–Crippen MR) is 70.7 cm³/mol. The minimum absolute atomic E-state index is 0.0467. The van der Waals surface area contributed by atoms with Gasteiger partial charge in [0.2, 0.25) is 10.0 Å². The summed E-state index contributed by atoms with van der Waals surface area (Å²) in [5.74, 6) is 0.556. The number of nitrogens with one attached hydrogen (secondary N) is 2. The van der Waals surface area contributed by atoms with Crippen molar-refractivity contribution in [1.29, 1.82) is 0 Å². The maximum absolute atomic E-state index is 11.7. The van der Waals surface area contributed by atoms with Gasteiger partial charge in [-0.2, -0.15) is 0 Å². The maximum atomic E-state index is 11.7. The Hall–Kier alpha value is -1.83. The van der Waals surface area contributed by atoms with Crippen molar-refractivity contribution in [3.8, 4) is 5.75 Å². The summed E-state index contributed by atoms with van der Waals surface area (Å²) in [4.78, 5) is 15.2. The molecule has 0 saturated carbocycles. The highest BCUT2D eigenvalue weighted by molar-refractivity contribution is 7.92. The number of pyridine rings is 1. The monoisotopic (exact) mass is 285 g/mol. The molecule has 1 amide bonds. The number of carbonyl (C=O) groups excluding carboxylic acids is 1. The summed E-state index contributed by atoms with van der Waals surface area (Å²) in [6.45, 7) is 1.86. The first kappa shape index (κ1) is 13.6. The number of nitrogens with zero attached hydrogens (tertiary/aromatic N) is 1. The van der Waals surface area contributed by atoms with Crippen LogP contribution in [0, 0.1) is 0 Å². The molecule has 0 aliphatic carbocycles. The van der Waals surface area contributed by atoms with Crippen LogP contribution in [0.5, 0.6) is 5.75 Å². The van der Waals surface area contributed by atoms with E-state index in [1.165, 1.54) is 6.07 Å². The van der Waals surface area contributed by atoms with Crippen LogP contribution in [-0.4, -0.2) is 31.7 Å². The summed E-state index contributed by atoms with van der Waals surface area (Å²) in [6, 6.07) is 3.07. The first-order valence-electron chi connectivity index (χ1n) is 5.94. The van der Waals surface area contributed by atoms with E-state index in [1.807, 2.05) is 6.92 Å². The third kappa shape index (κ3) is 3.57. The molecule has 19 heavy (non-hydrogen) atoms. The number of amides is 1. The zero-order valence-corrected chi connectivity index (χ0v) is 11.3. The maximum Gasteiger partial charge on any atom is 0.263 e. The van der Waals surface area contributed by atoms with Crippen LogP contribution in [0.4, 0.5) is 11.6 Å². The van der Waals surface area contributed by atoms with E-state index in [1.54, 1.807) is 6.07 Å². The standard InChI is InChI=1S/C11H15N3O4S/c1-2-3-6-19(16,17)14-9-5-4-8-11(12-9)13-10(15)7-18-8/h4-5H,2-3,6-7H2,1H3,(H2,12,13,14,15). The number of hydrogen-bond donors (Lipinski definition) is 2. The summed E-state index contributed by atoms with van der Waals surface area (Å²) >= 11 is 0. The Morgan fingerprint density at radius 1 is 1.47 bits per heavy atom. The molecule has 104 valence electrons. The number of fused-ring (bicyclic) bond motifs is 1. The molecule has 0 bridgehead atoms. The van der Waals surface area contributed by atoms with E-state index in [0.717, 1.165) is 6.42 Å². The molecule has 0 saturated heterocycles. The Morgan fingerprint density at radius 3 is 3.00 bits per heavy atom. The fourth-order valence-electron chi connectivity index (χ4n) is 1.57. The predicted octanol–water partition coefficient (Wildman–Crippen LogP) is 0.954. The molecule has 8 heteroatoms. The molecule has 2 N–H and O–H groups in total. The Kier molecular flexibility index (Phi) is 3.89. The van der Waals surface area contributed by atoms with Gasteiger partial charge in [-0.15, -0.1) is 0 Å². The summed E-state index contributed by atoms with van der Waals surface area (Å²) in [6.07, 6.45) is 1.38. The zero-order valence-electron chi connectivity index (χ0n) is 10.5. The van der Waals surface area contributed by atoms with Crippen molar-refractivity contribution in [2.75, 3.05) is 22.4 Å². The molecular weight excluding hydrogens is 270 g/mol. The van der Waals surface area contributed by atoms with Crippen LogP contribution in [0.1, 0.15) is 19.8 Å². The van der Waals surface area contributed by atoms with E-state index in [-0.39, 0.29) is 29.9 Å². The van der Waals surface area contributed by atoms with Crippen molar-refractivity contribution < 1.29 is 17.9 Å². The number of hydrogen-bond acceptors (Lipinski definition) is 5. The van der Waals surface area contributed by atoms with E-state index in [9.17, 15) is 13.2 Å². The summed E-state index contributed by atoms with van der Waals surface area (Å²) in [5.41, 5.74) is 0. The van der Waals surface area contributed by atoms with Gasteiger partial charge in [0.05, 0.1) is 5.75 Å². The van der Waals surface area contributed by atoms with Gasteiger partial charge in [0.15, 0.2) is 18.2 Å². The number of unbranched alkanes of at least 4 members (excludes halogenated alkanes) is 1. The first-order valence-corrected chi connectivity index (χ1v) is 7.59. The van der Waals surface area contributed by atoms with E-state index in [4.69, 9.17) is 4.74 Å². The molecule has 1 aliphatic rings. The smallest absolute Gasteiger partial charge is 0.263 e. The molecule has 0 fully saturated rings. The number of ether oxygens (including phenoxy) is 1. The highest BCUT2D eigenvalue weighted by atomic mass is 32.2. The van der Waals surface area contributed by atoms with Crippen LogP contribution in [-0.2, 0) is 14.8 Å². The van der Waals surface area contributed by atoms with Crippen LogP contribution in [0.2, 0.25) is 0 Å². The van der Waals surface area contributed by atoms with Gasteiger partial charge in [0.1, 0.15) is 5.82 Å². The summed E-state index contributed by atoms with van der Waals surface area (Å²) in [5, 5.41) is 2.52. The van der Waals surface area contributed by atoms with E-state index < -0.39 is 10.0 Å². The van der Waals surface area contributed by atoms with Crippen molar-refractivity contribution in [3.63, 3.8) is 0 Å². The number of carbonyl (C=O) groups is 1. The third-order valence-corrected chi connectivity index (χ3v) is 3.85. The zero-order chi connectivity index (χ0) is 13.9. The van der Waals surface area contributed by atoms with E-state index >= 15 is 0 Å².